The van der Waals surface area contributed by atoms with E-state index in [9.17, 15) is 19.2 Å². The molecule has 0 N–H and O–H groups in total. The summed E-state index contributed by atoms with van der Waals surface area (Å²) >= 11 is 27.8. The molecule has 10 nitrogen and oxygen atoms in total. The Morgan fingerprint density at radius 3 is 1.38 bits per heavy atom. The molecule has 4 aromatic rings. The fourth-order valence-electron chi connectivity index (χ4n) is 4.93. The third-order valence-electron chi connectivity index (χ3n) is 7.13. The molecule has 258 valence electrons. The molecule has 0 atom stereocenters. The van der Waals surface area contributed by atoms with Crippen molar-refractivity contribution < 1.29 is 28.7 Å². The third-order valence-corrected chi connectivity index (χ3v) is 10.8. The molecule has 0 aliphatic carbocycles. The molecule has 16 heteroatoms. The van der Waals surface area contributed by atoms with Gasteiger partial charge < -0.3 is 18.6 Å². The zero-order chi connectivity index (χ0) is 34.8. The number of ether oxygens (including phenoxy) is 2. The van der Waals surface area contributed by atoms with Gasteiger partial charge in [-0.15, -0.1) is 0 Å². The van der Waals surface area contributed by atoms with E-state index in [0.717, 1.165) is 35.1 Å². The maximum absolute atomic E-state index is 12.7. The van der Waals surface area contributed by atoms with Crippen LogP contribution in [0.3, 0.4) is 0 Å². The Labute approximate surface area is 304 Å². The molecular formula is C32H34Cl4N4O6S2. The summed E-state index contributed by atoms with van der Waals surface area (Å²) in [5.41, 5.74) is 1.07. The van der Waals surface area contributed by atoms with Crippen LogP contribution in [0, 0.1) is 0 Å². The van der Waals surface area contributed by atoms with E-state index in [1.807, 2.05) is 0 Å². The van der Waals surface area contributed by atoms with Crippen LogP contribution in [0.1, 0.15) is 65.2 Å². The van der Waals surface area contributed by atoms with E-state index < -0.39 is 11.9 Å². The first-order valence-corrected chi connectivity index (χ1v) is 18.6. The van der Waals surface area contributed by atoms with Crippen molar-refractivity contribution in [3.8, 4) is 0 Å². The van der Waals surface area contributed by atoms with Crippen molar-refractivity contribution in [2.24, 2.45) is 9.98 Å². The first-order valence-electron chi connectivity index (χ1n) is 15.4. The van der Waals surface area contributed by atoms with Crippen LogP contribution in [0.4, 0.5) is 0 Å². The smallest absolute Gasteiger partial charge is 0.326 e. The number of carbonyl (C=O) groups excluding carboxylic acids is 4. The Bertz CT molecular complexity index is 1820. The minimum Gasteiger partial charge on any atom is -0.465 e. The van der Waals surface area contributed by atoms with Gasteiger partial charge in [-0.1, -0.05) is 94.8 Å². The fourth-order valence-corrected chi connectivity index (χ4v) is 7.99. The van der Waals surface area contributed by atoms with Crippen LogP contribution in [0.15, 0.2) is 34.3 Å². The Morgan fingerprint density at radius 1 is 0.625 bits per heavy atom. The zero-order valence-electron chi connectivity index (χ0n) is 26.4. The highest BCUT2D eigenvalue weighted by atomic mass is 35.5. The van der Waals surface area contributed by atoms with Crippen LogP contribution in [-0.4, -0.2) is 46.1 Å². The van der Waals surface area contributed by atoms with Gasteiger partial charge in [-0.2, -0.15) is 9.98 Å². The molecule has 2 aromatic heterocycles. The lowest BCUT2D eigenvalue weighted by atomic mass is 10.1. The SMILES string of the molecule is CCOC(=O)Cn1c(=NC(=O)CCCCCCCCC(=O)N=c2sc3ccc(Cl)c(Cl)c3n2CC(=O)OCC)sc2ccc(Cl)c(Cl)c21. The minimum atomic E-state index is -0.467. The number of hydrogen-bond acceptors (Lipinski definition) is 8. The van der Waals surface area contributed by atoms with Crippen molar-refractivity contribution in [1.29, 1.82) is 0 Å². The van der Waals surface area contributed by atoms with Gasteiger partial charge in [-0.25, -0.2) is 0 Å². The predicted octanol–water partition coefficient (Wildman–Crippen LogP) is 8.13. The van der Waals surface area contributed by atoms with Crippen LogP contribution in [0.5, 0.6) is 0 Å². The largest absolute Gasteiger partial charge is 0.465 e. The van der Waals surface area contributed by atoms with Crippen molar-refractivity contribution in [3.05, 3.63) is 54.0 Å². The van der Waals surface area contributed by atoms with Crippen molar-refractivity contribution in [2.45, 2.75) is 78.3 Å². The second-order valence-electron chi connectivity index (χ2n) is 10.6. The summed E-state index contributed by atoms with van der Waals surface area (Å²) in [6, 6.07) is 6.88. The predicted molar refractivity (Wildman–Crippen MR) is 191 cm³/mol. The molecule has 2 aromatic carbocycles. The van der Waals surface area contributed by atoms with Gasteiger partial charge in [0.2, 0.25) is 11.8 Å². The normalized spacial score (nSPS) is 12.3. The zero-order valence-corrected chi connectivity index (χ0v) is 31.0. The molecule has 0 radical (unpaired) electrons. The van der Waals surface area contributed by atoms with E-state index in [0.29, 0.717) is 43.5 Å². The molecule has 0 fully saturated rings. The number of fused-ring (bicyclic) bond motifs is 2. The van der Waals surface area contributed by atoms with E-state index in [4.69, 9.17) is 55.9 Å². The number of aromatic nitrogens is 2. The maximum Gasteiger partial charge on any atom is 0.326 e. The molecule has 0 bridgehead atoms. The number of thiazole rings is 2. The Morgan fingerprint density at radius 2 is 1.00 bits per heavy atom. The van der Waals surface area contributed by atoms with E-state index in [1.165, 1.54) is 22.7 Å². The number of hydrogen-bond donors (Lipinski definition) is 0. The Balaban J connectivity index is 1.27. The highest BCUT2D eigenvalue weighted by Crippen LogP contribution is 2.33. The molecule has 0 spiro atoms. The van der Waals surface area contributed by atoms with Crippen LogP contribution in [0.25, 0.3) is 20.4 Å². The van der Waals surface area contributed by atoms with Gasteiger partial charge in [0.05, 0.1) is 53.7 Å². The van der Waals surface area contributed by atoms with E-state index in [1.54, 1.807) is 47.2 Å². The number of rotatable bonds is 15. The summed E-state index contributed by atoms with van der Waals surface area (Å²) in [5, 5.41) is 1.24. The summed E-state index contributed by atoms with van der Waals surface area (Å²) in [4.78, 5) is 59.3. The molecule has 0 aliphatic heterocycles. The van der Waals surface area contributed by atoms with Crippen LogP contribution in [0.2, 0.25) is 20.1 Å². The van der Waals surface area contributed by atoms with Crippen molar-refractivity contribution >= 4 is 113 Å². The second kappa shape index (κ2) is 18.3. The molecule has 48 heavy (non-hydrogen) atoms. The molecule has 2 heterocycles. The van der Waals surface area contributed by atoms with E-state index in [-0.39, 0.29) is 61.0 Å². The summed E-state index contributed by atoms with van der Waals surface area (Å²) in [7, 11) is 0. The lowest BCUT2D eigenvalue weighted by Crippen LogP contribution is -2.23. The molecule has 0 saturated carbocycles. The minimum absolute atomic E-state index is 0.142. The number of esters is 2. The molecular weight excluding hydrogens is 742 g/mol. The van der Waals surface area contributed by atoms with Gasteiger partial charge >= 0.3 is 11.9 Å². The molecule has 0 saturated heterocycles. The van der Waals surface area contributed by atoms with Crippen molar-refractivity contribution in [2.75, 3.05) is 13.2 Å². The summed E-state index contributed by atoms with van der Waals surface area (Å²) in [6.45, 7) is 3.60. The van der Waals surface area contributed by atoms with Crippen molar-refractivity contribution in [3.63, 3.8) is 0 Å². The Hall–Kier alpha value is -2.74. The number of amides is 2. The molecule has 0 aliphatic rings. The standard InChI is InChI=1S/C32H34Cl4N4O6S2/c1-3-45-25(43)17-39-29-21(15-13-19(33)27(29)35)47-31(39)37-23(41)11-9-7-5-6-8-10-12-24(42)38-32-40(18-26(44)46-4-2)30-22(48-32)16-14-20(34)28(30)36/h13-16H,3-12,17-18H2,1-2H3. The van der Waals surface area contributed by atoms with Gasteiger partial charge in [0, 0.05) is 12.8 Å². The highest BCUT2D eigenvalue weighted by Gasteiger charge is 2.18. The summed E-state index contributed by atoms with van der Waals surface area (Å²) in [6.07, 6.45) is 5.28. The van der Waals surface area contributed by atoms with E-state index in [2.05, 4.69) is 9.98 Å². The quantitative estimate of drug-likeness (QED) is 0.0888. The Kier molecular flexibility index (Phi) is 14.5. The van der Waals surface area contributed by atoms with Crippen molar-refractivity contribution in [1.82, 2.24) is 9.13 Å². The highest BCUT2D eigenvalue weighted by molar-refractivity contribution is 7.16. The van der Waals surface area contributed by atoms with Crippen LogP contribution < -0.4 is 9.60 Å². The molecule has 0 unspecified atom stereocenters. The maximum atomic E-state index is 12.7. The number of unbranched alkanes of at least 4 members (excludes halogenated alkanes) is 5. The number of nitrogens with zero attached hydrogens (tertiary/aromatic N) is 4. The fraction of sp³-hybridized carbons (Fsp3) is 0.438. The number of benzene rings is 2. The molecule has 2 amide bonds. The van der Waals surface area contributed by atoms with E-state index >= 15 is 0 Å². The van der Waals surface area contributed by atoms with Gasteiger partial charge in [-0.3, -0.25) is 19.2 Å². The van der Waals surface area contributed by atoms with Crippen LogP contribution >= 0.6 is 69.1 Å². The first-order chi connectivity index (χ1) is 23.0. The summed E-state index contributed by atoms with van der Waals surface area (Å²) < 4.78 is 14.8. The topological polar surface area (TPSA) is 121 Å². The summed E-state index contributed by atoms with van der Waals surface area (Å²) in [5.74, 6) is -1.52. The van der Waals surface area contributed by atoms with Gasteiger partial charge in [-0.05, 0) is 51.0 Å². The number of halogens is 4. The average Bonchev–Trinajstić information content (AvgIpc) is 3.55. The lowest BCUT2D eigenvalue weighted by Gasteiger charge is -2.07. The van der Waals surface area contributed by atoms with Crippen LogP contribution in [-0.2, 0) is 41.7 Å². The number of carbonyl (C=O) groups is 4. The van der Waals surface area contributed by atoms with Gasteiger partial charge in [0.25, 0.3) is 0 Å². The van der Waals surface area contributed by atoms with Gasteiger partial charge in [0.15, 0.2) is 9.60 Å². The average molecular weight is 777 g/mol. The first kappa shape index (κ1) is 38.1. The molecule has 4 rings (SSSR count). The second-order valence-corrected chi connectivity index (χ2v) is 14.2. The lowest BCUT2D eigenvalue weighted by molar-refractivity contribution is -0.144. The van der Waals surface area contributed by atoms with Gasteiger partial charge in [0.1, 0.15) is 13.1 Å². The third kappa shape index (κ3) is 9.92. The monoisotopic (exact) mass is 774 g/mol.